The summed E-state index contributed by atoms with van der Waals surface area (Å²) in [5, 5.41) is 1.24. The van der Waals surface area contributed by atoms with Crippen molar-refractivity contribution in [1.29, 1.82) is 0 Å². The number of rotatable bonds is 6. The zero-order valence-corrected chi connectivity index (χ0v) is 21.2. The van der Waals surface area contributed by atoms with Gasteiger partial charge in [-0.05, 0) is 42.3 Å². The second-order valence-electron chi connectivity index (χ2n) is 4.65. The molecular weight excluding hydrogens is 515 g/mol. The summed E-state index contributed by atoms with van der Waals surface area (Å²) in [6, 6.07) is 10.1. The van der Waals surface area contributed by atoms with Crippen LogP contribution in [0.15, 0.2) is 30.3 Å². The van der Waals surface area contributed by atoms with Crippen molar-refractivity contribution >= 4 is 38.8 Å². The fourth-order valence-electron chi connectivity index (χ4n) is 1.79. The number of hydrogen-bond acceptors (Lipinski definition) is 0. The fraction of sp³-hybridized carbons (Fsp3) is 0.667. The minimum absolute atomic E-state index is 0. The second-order valence-corrected chi connectivity index (χ2v) is 11.8. The molecule has 0 bridgehead atoms. The van der Waals surface area contributed by atoms with Gasteiger partial charge >= 0.3 is 0 Å². The Bertz CT molecular complexity index is 269. The van der Waals surface area contributed by atoms with E-state index in [1.165, 1.54) is 42.3 Å². The van der Waals surface area contributed by atoms with E-state index < -0.39 is 0 Å². The fourth-order valence-corrected chi connectivity index (χ4v) is 4.70. The monoisotopic (exact) mass is 552 g/mol. The minimum Gasteiger partial charge on any atom is -0.108 e. The molecule has 0 saturated heterocycles. The first-order valence-corrected chi connectivity index (χ1v) is 12.7. The van der Waals surface area contributed by atoms with Crippen LogP contribution in [0.25, 0.3) is 0 Å². The Hall–Kier alpha value is 1.26. The van der Waals surface area contributed by atoms with Gasteiger partial charge in [-0.25, -0.2) is 0 Å². The van der Waals surface area contributed by atoms with Crippen LogP contribution in [0.3, 0.4) is 0 Å². The van der Waals surface area contributed by atoms with E-state index >= 15 is 0 Å². The first kappa shape index (κ1) is 32.0. The molecule has 0 nitrogen and oxygen atoms in total. The maximum atomic E-state index is 2.63. The smallest absolute Gasteiger partial charge is 0 e. The standard InChI is InChI=1S/C6H7P.2C6H15P.B.Pt/c7-6-4-2-1-3-5-6;2*1-4-7(5-2)6-3;;/h1-5H,7H2;2*4-6H2,1-3H3;;. The van der Waals surface area contributed by atoms with Gasteiger partial charge in [0, 0.05) is 29.5 Å². The van der Waals surface area contributed by atoms with E-state index in [2.05, 4.69) is 50.8 Å². The topological polar surface area (TPSA) is 0 Å². The largest absolute Gasteiger partial charge is 0.108 e. The van der Waals surface area contributed by atoms with Crippen molar-refractivity contribution in [2.45, 2.75) is 41.5 Å². The molecular formula is C18H37BP3Pt. The molecule has 23 heavy (non-hydrogen) atoms. The molecule has 1 aromatic carbocycles. The van der Waals surface area contributed by atoms with Crippen molar-refractivity contribution in [1.82, 2.24) is 0 Å². The summed E-state index contributed by atoms with van der Waals surface area (Å²) in [6.45, 7) is 13.7. The summed E-state index contributed by atoms with van der Waals surface area (Å²) in [4.78, 5) is 0. The van der Waals surface area contributed by atoms with Gasteiger partial charge in [0.15, 0.2) is 0 Å². The quantitative estimate of drug-likeness (QED) is 0.307. The molecule has 0 aliphatic rings. The second kappa shape index (κ2) is 25.5. The minimum atomic E-state index is 0. The molecule has 0 fully saturated rings. The van der Waals surface area contributed by atoms with E-state index in [0.29, 0.717) is 15.8 Å². The summed E-state index contributed by atoms with van der Waals surface area (Å²) < 4.78 is 0. The van der Waals surface area contributed by atoms with Gasteiger partial charge in [0.1, 0.15) is 0 Å². The zero-order valence-electron chi connectivity index (χ0n) is 16.0. The molecule has 0 spiro atoms. The molecule has 3 radical (unpaired) electrons. The van der Waals surface area contributed by atoms with E-state index in [-0.39, 0.29) is 29.5 Å². The maximum Gasteiger partial charge on any atom is 0 e. The third kappa shape index (κ3) is 23.3. The van der Waals surface area contributed by atoms with Gasteiger partial charge in [0.25, 0.3) is 0 Å². The molecule has 0 amide bonds. The molecule has 0 aliphatic carbocycles. The molecule has 0 heterocycles. The van der Waals surface area contributed by atoms with Gasteiger partial charge in [-0.15, -0.1) is 25.1 Å². The van der Waals surface area contributed by atoms with Gasteiger partial charge in [-0.2, -0.15) is 0 Å². The van der Waals surface area contributed by atoms with Gasteiger partial charge in [-0.1, -0.05) is 71.9 Å². The van der Waals surface area contributed by atoms with Gasteiger partial charge in [0.2, 0.25) is 0 Å². The third-order valence-corrected chi connectivity index (χ3v) is 9.23. The van der Waals surface area contributed by atoms with Crippen LogP contribution < -0.4 is 5.30 Å². The van der Waals surface area contributed by atoms with Crippen LogP contribution in [-0.2, 0) is 21.1 Å². The number of hydrogen-bond donors (Lipinski definition) is 0. The van der Waals surface area contributed by atoms with Crippen molar-refractivity contribution < 1.29 is 21.1 Å². The molecule has 1 aromatic rings. The number of benzene rings is 1. The molecule has 0 aromatic heterocycles. The van der Waals surface area contributed by atoms with Crippen molar-refractivity contribution in [2.75, 3.05) is 37.0 Å². The zero-order chi connectivity index (χ0) is 16.5. The molecule has 137 valence electrons. The summed E-state index contributed by atoms with van der Waals surface area (Å²) >= 11 is 0. The summed E-state index contributed by atoms with van der Waals surface area (Å²) in [6.07, 6.45) is 8.51. The maximum absolute atomic E-state index is 2.63. The van der Waals surface area contributed by atoms with Gasteiger partial charge in [0.05, 0.1) is 0 Å². The van der Waals surface area contributed by atoms with E-state index in [1.807, 2.05) is 30.3 Å². The first-order chi connectivity index (χ1) is 10.1. The molecule has 5 heteroatoms. The van der Waals surface area contributed by atoms with Crippen LogP contribution in [0.4, 0.5) is 0 Å². The van der Waals surface area contributed by atoms with Crippen LogP contribution in [0.5, 0.6) is 0 Å². The van der Waals surface area contributed by atoms with Crippen LogP contribution in [0.1, 0.15) is 41.5 Å². The van der Waals surface area contributed by atoms with E-state index in [9.17, 15) is 0 Å². The average molecular weight is 552 g/mol. The molecule has 1 unspecified atom stereocenters. The van der Waals surface area contributed by atoms with Crippen molar-refractivity contribution in [3.05, 3.63) is 30.3 Å². The Morgan fingerprint density at radius 2 is 0.913 bits per heavy atom. The SMILES string of the molecule is CCP(CC)CC.CCP(CC)CC.Pc1ccccc1.[B].[Pt]. The third-order valence-electron chi connectivity index (χ3n) is 3.48. The van der Waals surface area contributed by atoms with Crippen molar-refractivity contribution in [2.24, 2.45) is 0 Å². The van der Waals surface area contributed by atoms with E-state index in [1.54, 1.807) is 0 Å². The Balaban J connectivity index is -0.000000113. The van der Waals surface area contributed by atoms with Crippen molar-refractivity contribution in [3.63, 3.8) is 0 Å². The Labute approximate surface area is 168 Å². The van der Waals surface area contributed by atoms with Crippen LogP contribution in [0.2, 0.25) is 0 Å². The predicted octanol–water partition coefficient (Wildman–Crippen LogP) is 5.86. The summed E-state index contributed by atoms with van der Waals surface area (Å²) in [7, 11) is 3.52. The van der Waals surface area contributed by atoms with Crippen molar-refractivity contribution in [3.8, 4) is 0 Å². The molecule has 0 N–H and O–H groups in total. The van der Waals surface area contributed by atoms with Gasteiger partial charge < -0.3 is 0 Å². The molecule has 1 atom stereocenters. The Kier molecular flexibility index (Phi) is 35.5. The Morgan fingerprint density at radius 1 is 0.652 bits per heavy atom. The first-order valence-electron chi connectivity index (χ1n) is 8.34. The van der Waals surface area contributed by atoms with E-state index in [4.69, 9.17) is 0 Å². The van der Waals surface area contributed by atoms with Crippen LogP contribution in [-0.4, -0.2) is 45.4 Å². The Morgan fingerprint density at radius 3 is 1.00 bits per heavy atom. The molecule has 0 aliphatic heterocycles. The normalized spacial score (nSPS) is 8.91. The molecule has 0 saturated carbocycles. The van der Waals surface area contributed by atoms with Crippen LogP contribution in [0, 0.1) is 0 Å². The predicted molar refractivity (Wildman–Crippen MR) is 119 cm³/mol. The van der Waals surface area contributed by atoms with Gasteiger partial charge in [-0.3, -0.25) is 0 Å². The van der Waals surface area contributed by atoms with Crippen LogP contribution >= 0.6 is 25.1 Å². The molecule has 1 rings (SSSR count). The van der Waals surface area contributed by atoms with E-state index in [0.717, 1.165) is 0 Å². The average Bonchev–Trinajstić information content (AvgIpc) is 2.53. The summed E-state index contributed by atoms with van der Waals surface area (Å²) in [5.41, 5.74) is 0. The summed E-state index contributed by atoms with van der Waals surface area (Å²) in [5.74, 6) is 0.